The summed E-state index contributed by atoms with van der Waals surface area (Å²) < 4.78 is 5.40. The van der Waals surface area contributed by atoms with Crippen molar-refractivity contribution in [2.75, 3.05) is 36.1 Å². The van der Waals surface area contributed by atoms with Crippen LogP contribution in [0, 0.1) is 0 Å². The number of hydrogen-bond donors (Lipinski definition) is 4. The third-order valence-corrected chi connectivity index (χ3v) is 5.27. The third-order valence-electron chi connectivity index (χ3n) is 5.27. The molecule has 2 aromatic rings. The predicted octanol–water partition coefficient (Wildman–Crippen LogP) is 2.11. The summed E-state index contributed by atoms with van der Waals surface area (Å²) in [6.07, 6.45) is -1.06. The molecular formula is C21H26N4O4. The first kappa shape index (κ1) is 19.4. The van der Waals surface area contributed by atoms with E-state index < -0.39 is 6.35 Å². The number of phenols is 2. The van der Waals surface area contributed by atoms with Crippen LogP contribution in [0.3, 0.4) is 0 Å². The molecule has 0 bridgehead atoms. The molecule has 8 heteroatoms. The van der Waals surface area contributed by atoms with Crippen LogP contribution < -0.4 is 15.2 Å². The normalized spacial score (nSPS) is 19.4. The van der Waals surface area contributed by atoms with Crippen LogP contribution in [0.5, 0.6) is 11.5 Å². The predicted molar refractivity (Wildman–Crippen MR) is 111 cm³/mol. The number of amidine groups is 1. The lowest BCUT2D eigenvalue weighted by Crippen LogP contribution is -2.40. The first-order valence-corrected chi connectivity index (χ1v) is 9.75. The van der Waals surface area contributed by atoms with Gasteiger partial charge in [-0.1, -0.05) is 13.8 Å². The summed E-state index contributed by atoms with van der Waals surface area (Å²) in [7, 11) is 0. The highest BCUT2D eigenvalue weighted by atomic mass is 16.5. The number of nitrogens with one attached hydrogen (secondary N) is 1. The molecular weight excluding hydrogens is 372 g/mol. The Balaban J connectivity index is 1.65. The molecule has 2 aliphatic rings. The molecule has 2 aliphatic heterocycles. The molecule has 0 spiro atoms. The number of hydrazone groups is 1. The van der Waals surface area contributed by atoms with Gasteiger partial charge < -0.3 is 25.0 Å². The van der Waals surface area contributed by atoms with Crippen molar-refractivity contribution >= 4 is 17.2 Å². The Hall–Kier alpha value is -2.97. The van der Waals surface area contributed by atoms with Crippen molar-refractivity contribution in [2.45, 2.75) is 26.1 Å². The van der Waals surface area contributed by atoms with Crippen LogP contribution in [-0.4, -0.2) is 53.8 Å². The molecule has 4 N–H and O–H groups in total. The zero-order valence-electron chi connectivity index (χ0n) is 16.5. The van der Waals surface area contributed by atoms with Gasteiger partial charge in [-0.25, -0.2) is 0 Å². The summed E-state index contributed by atoms with van der Waals surface area (Å²) in [6, 6.07) is 10.9. The summed E-state index contributed by atoms with van der Waals surface area (Å²) in [5.74, 6) is 0.387. The Kier molecular flexibility index (Phi) is 5.21. The van der Waals surface area contributed by atoms with Crippen molar-refractivity contribution in [1.82, 2.24) is 5.43 Å². The number of rotatable bonds is 4. The molecule has 0 aliphatic carbocycles. The van der Waals surface area contributed by atoms with E-state index in [9.17, 15) is 15.3 Å². The SMILES string of the molecule is CC(C)c1cc(C2=NNC(O)N2c2ccc(N3CCOCC3)cc2)c(O)cc1O. The number of hydrogen-bond acceptors (Lipinski definition) is 8. The second-order valence-corrected chi connectivity index (χ2v) is 7.51. The summed E-state index contributed by atoms with van der Waals surface area (Å²) in [4.78, 5) is 3.86. The van der Waals surface area contributed by atoms with E-state index in [-0.39, 0.29) is 17.4 Å². The monoisotopic (exact) mass is 398 g/mol. The summed E-state index contributed by atoms with van der Waals surface area (Å²) in [6.45, 7) is 7.04. The number of anilines is 2. The average molecular weight is 398 g/mol. The second kappa shape index (κ2) is 7.81. The van der Waals surface area contributed by atoms with Crippen LogP contribution in [-0.2, 0) is 4.74 Å². The minimum Gasteiger partial charge on any atom is -0.508 e. The Bertz CT molecular complexity index is 908. The van der Waals surface area contributed by atoms with E-state index in [1.807, 2.05) is 38.1 Å². The highest BCUT2D eigenvalue weighted by Gasteiger charge is 2.31. The Morgan fingerprint density at radius 1 is 1.03 bits per heavy atom. The van der Waals surface area contributed by atoms with Gasteiger partial charge >= 0.3 is 0 Å². The van der Waals surface area contributed by atoms with E-state index in [1.165, 1.54) is 6.07 Å². The lowest BCUT2D eigenvalue weighted by molar-refractivity contribution is 0.122. The molecule has 8 nitrogen and oxygen atoms in total. The number of aromatic hydroxyl groups is 2. The first-order chi connectivity index (χ1) is 14.0. The number of aliphatic hydroxyl groups is 1. The van der Waals surface area contributed by atoms with E-state index in [4.69, 9.17) is 4.74 Å². The van der Waals surface area contributed by atoms with Crippen LogP contribution >= 0.6 is 0 Å². The smallest absolute Gasteiger partial charge is 0.225 e. The quantitative estimate of drug-likeness (QED) is 0.626. The maximum absolute atomic E-state index is 10.5. The number of morpholine rings is 1. The lowest BCUT2D eigenvalue weighted by Gasteiger charge is -2.30. The van der Waals surface area contributed by atoms with Crippen LogP contribution in [0.2, 0.25) is 0 Å². The molecule has 29 heavy (non-hydrogen) atoms. The average Bonchev–Trinajstić information content (AvgIpc) is 3.10. The van der Waals surface area contributed by atoms with Crippen molar-refractivity contribution in [2.24, 2.45) is 5.10 Å². The van der Waals surface area contributed by atoms with Crippen LogP contribution in [0.15, 0.2) is 41.5 Å². The van der Waals surface area contributed by atoms with Crippen LogP contribution in [0.1, 0.15) is 30.9 Å². The topological polar surface area (TPSA) is 101 Å². The van der Waals surface area contributed by atoms with Crippen LogP contribution in [0.4, 0.5) is 11.4 Å². The molecule has 0 aromatic heterocycles. The molecule has 1 fully saturated rings. The molecule has 1 atom stereocenters. The minimum atomic E-state index is -1.06. The summed E-state index contributed by atoms with van der Waals surface area (Å²) >= 11 is 0. The van der Waals surface area contributed by atoms with Gasteiger partial charge in [0.25, 0.3) is 0 Å². The fourth-order valence-corrected chi connectivity index (χ4v) is 3.68. The number of aliphatic hydroxyl groups excluding tert-OH is 1. The van der Waals surface area contributed by atoms with Gasteiger partial charge in [0.2, 0.25) is 6.35 Å². The Morgan fingerprint density at radius 2 is 1.69 bits per heavy atom. The van der Waals surface area contributed by atoms with Crippen molar-refractivity contribution in [3.05, 3.63) is 47.5 Å². The van der Waals surface area contributed by atoms with Gasteiger partial charge in [-0.2, -0.15) is 5.10 Å². The Morgan fingerprint density at radius 3 is 2.34 bits per heavy atom. The third kappa shape index (κ3) is 3.68. The van der Waals surface area contributed by atoms with Gasteiger partial charge in [0, 0.05) is 30.5 Å². The fraction of sp³-hybridized carbons (Fsp3) is 0.381. The molecule has 2 aromatic carbocycles. The van der Waals surface area contributed by atoms with Crippen molar-refractivity contribution in [3.63, 3.8) is 0 Å². The van der Waals surface area contributed by atoms with Crippen molar-refractivity contribution < 1.29 is 20.1 Å². The van der Waals surface area contributed by atoms with Gasteiger partial charge in [-0.05, 0) is 41.8 Å². The lowest BCUT2D eigenvalue weighted by atomic mass is 9.98. The molecule has 154 valence electrons. The van der Waals surface area contributed by atoms with Gasteiger partial charge in [-0.3, -0.25) is 10.3 Å². The molecule has 2 heterocycles. The number of ether oxygens (including phenoxy) is 1. The highest BCUT2D eigenvalue weighted by molar-refractivity contribution is 6.12. The minimum absolute atomic E-state index is 0.0368. The van der Waals surface area contributed by atoms with Gasteiger partial charge in [-0.15, -0.1) is 0 Å². The van der Waals surface area contributed by atoms with E-state index >= 15 is 0 Å². The van der Waals surface area contributed by atoms with Gasteiger partial charge in [0.1, 0.15) is 11.5 Å². The standard InChI is InChI=1S/C21H26N4O4/c1-13(2)16-11-17(19(27)12-18(16)26)20-22-23-21(28)25(20)15-5-3-14(4-6-15)24-7-9-29-10-8-24/h3-6,11-13,21,23,26-28H,7-10H2,1-2H3. The van der Waals surface area contributed by atoms with Crippen molar-refractivity contribution in [1.29, 1.82) is 0 Å². The van der Waals surface area contributed by atoms with Gasteiger partial charge in [0.05, 0.1) is 18.8 Å². The second-order valence-electron chi connectivity index (χ2n) is 7.51. The van der Waals surface area contributed by atoms with E-state index in [0.717, 1.165) is 24.5 Å². The maximum Gasteiger partial charge on any atom is 0.225 e. The summed E-state index contributed by atoms with van der Waals surface area (Å²) in [5.41, 5.74) is 5.61. The highest BCUT2D eigenvalue weighted by Crippen LogP contribution is 2.35. The molecule has 1 saturated heterocycles. The van der Waals surface area contributed by atoms with E-state index in [1.54, 1.807) is 11.0 Å². The van der Waals surface area contributed by atoms with Gasteiger partial charge in [0.15, 0.2) is 5.84 Å². The van der Waals surface area contributed by atoms with E-state index in [0.29, 0.717) is 30.2 Å². The van der Waals surface area contributed by atoms with E-state index in [2.05, 4.69) is 15.4 Å². The number of phenolic OH excluding ortho intramolecular Hbond substituents is 2. The molecule has 0 amide bonds. The molecule has 0 radical (unpaired) electrons. The molecule has 0 saturated carbocycles. The maximum atomic E-state index is 10.5. The molecule has 1 unspecified atom stereocenters. The first-order valence-electron chi connectivity index (χ1n) is 9.75. The zero-order valence-corrected chi connectivity index (χ0v) is 16.5. The van der Waals surface area contributed by atoms with Crippen molar-refractivity contribution in [3.8, 4) is 11.5 Å². The fourth-order valence-electron chi connectivity index (χ4n) is 3.68. The Labute approximate surface area is 169 Å². The summed E-state index contributed by atoms with van der Waals surface area (Å²) in [5, 5.41) is 35.2. The number of nitrogens with zero attached hydrogens (tertiary/aromatic N) is 3. The number of benzene rings is 2. The van der Waals surface area contributed by atoms with Crippen LogP contribution in [0.25, 0.3) is 0 Å². The largest absolute Gasteiger partial charge is 0.508 e. The molecule has 4 rings (SSSR count). The zero-order chi connectivity index (χ0) is 20.5.